The van der Waals surface area contributed by atoms with Gasteiger partial charge >= 0.3 is 0 Å². The molecule has 7 heteroatoms. The Hall–Kier alpha value is -3.22. The van der Waals surface area contributed by atoms with Gasteiger partial charge in [0.1, 0.15) is 5.75 Å². The quantitative estimate of drug-likeness (QED) is 0.743. The fourth-order valence-electron chi connectivity index (χ4n) is 2.35. The SMILES string of the molecule is C[C@H](Oc1ccccc1)C(=O)NCc1nccnc1-c1cnn(C)c1. The van der Waals surface area contributed by atoms with E-state index in [1.54, 1.807) is 30.2 Å². The van der Waals surface area contributed by atoms with Gasteiger partial charge in [-0.3, -0.25) is 19.4 Å². The predicted molar refractivity (Wildman–Crippen MR) is 92.6 cm³/mol. The van der Waals surface area contributed by atoms with E-state index in [0.717, 1.165) is 5.56 Å². The maximum Gasteiger partial charge on any atom is 0.261 e. The van der Waals surface area contributed by atoms with Crippen molar-refractivity contribution >= 4 is 5.91 Å². The lowest BCUT2D eigenvalue weighted by Crippen LogP contribution is -2.36. The van der Waals surface area contributed by atoms with Gasteiger partial charge in [0.2, 0.25) is 0 Å². The lowest BCUT2D eigenvalue weighted by Gasteiger charge is -2.15. The Labute approximate surface area is 145 Å². The molecule has 3 aromatic rings. The van der Waals surface area contributed by atoms with Crippen LogP contribution in [0.2, 0.25) is 0 Å². The second-order valence-electron chi connectivity index (χ2n) is 5.55. The molecule has 1 aromatic carbocycles. The molecule has 0 aliphatic rings. The number of hydrogen-bond acceptors (Lipinski definition) is 5. The van der Waals surface area contributed by atoms with E-state index in [2.05, 4.69) is 20.4 Å². The zero-order chi connectivity index (χ0) is 17.6. The molecule has 0 saturated carbocycles. The van der Waals surface area contributed by atoms with Crippen molar-refractivity contribution in [1.29, 1.82) is 0 Å². The molecule has 1 atom stereocenters. The normalized spacial score (nSPS) is 11.8. The molecule has 1 N–H and O–H groups in total. The number of carbonyl (C=O) groups excluding carboxylic acids is 1. The summed E-state index contributed by atoms with van der Waals surface area (Å²) in [6, 6.07) is 9.24. The Balaban J connectivity index is 1.64. The lowest BCUT2D eigenvalue weighted by atomic mass is 10.2. The summed E-state index contributed by atoms with van der Waals surface area (Å²) in [4.78, 5) is 21.0. The molecule has 2 aromatic heterocycles. The van der Waals surface area contributed by atoms with Gasteiger partial charge in [-0.2, -0.15) is 5.10 Å². The van der Waals surface area contributed by atoms with Gasteiger partial charge in [0.15, 0.2) is 6.10 Å². The number of ether oxygens (including phenoxy) is 1. The highest BCUT2D eigenvalue weighted by atomic mass is 16.5. The van der Waals surface area contributed by atoms with Gasteiger partial charge in [0.25, 0.3) is 5.91 Å². The highest BCUT2D eigenvalue weighted by Crippen LogP contribution is 2.18. The molecule has 3 rings (SSSR count). The molecule has 0 bridgehead atoms. The maximum atomic E-state index is 12.3. The molecule has 1 amide bonds. The fourth-order valence-corrected chi connectivity index (χ4v) is 2.35. The fraction of sp³-hybridized carbons (Fsp3) is 0.222. The monoisotopic (exact) mass is 337 g/mol. The van der Waals surface area contributed by atoms with Crippen molar-refractivity contribution in [2.75, 3.05) is 0 Å². The van der Waals surface area contributed by atoms with Gasteiger partial charge in [-0.05, 0) is 19.1 Å². The van der Waals surface area contributed by atoms with Crippen LogP contribution in [0.4, 0.5) is 0 Å². The first kappa shape index (κ1) is 16.6. The number of nitrogens with zero attached hydrogens (tertiary/aromatic N) is 4. The summed E-state index contributed by atoms with van der Waals surface area (Å²) in [5, 5.41) is 6.99. The lowest BCUT2D eigenvalue weighted by molar-refractivity contribution is -0.127. The molecule has 128 valence electrons. The second kappa shape index (κ2) is 7.57. The number of benzene rings is 1. The van der Waals surface area contributed by atoms with Gasteiger partial charge in [-0.15, -0.1) is 0 Å². The zero-order valence-electron chi connectivity index (χ0n) is 14.1. The summed E-state index contributed by atoms with van der Waals surface area (Å²) in [6.07, 6.45) is 6.19. The summed E-state index contributed by atoms with van der Waals surface area (Å²) >= 11 is 0. The summed E-state index contributed by atoms with van der Waals surface area (Å²) in [7, 11) is 1.84. The van der Waals surface area contributed by atoms with Crippen LogP contribution in [0.5, 0.6) is 5.75 Å². The van der Waals surface area contributed by atoms with Crippen molar-refractivity contribution in [2.45, 2.75) is 19.6 Å². The number of amides is 1. The predicted octanol–water partition coefficient (Wildman–Crippen LogP) is 1.96. The summed E-state index contributed by atoms with van der Waals surface area (Å²) in [5.74, 6) is 0.437. The molecule has 7 nitrogen and oxygen atoms in total. The van der Waals surface area contributed by atoms with Crippen LogP contribution in [0.3, 0.4) is 0 Å². The second-order valence-corrected chi connectivity index (χ2v) is 5.55. The summed E-state index contributed by atoms with van der Waals surface area (Å²) in [6.45, 7) is 1.97. The van der Waals surface area contributed by atoms with Gasteiger partial charge in [0.05, 0.1) is 24.1 Å². The minimum absolute atomic E-state index is 0.216. The van der Waals surface area contributed by atoms with E-state index >= 15 is 0 Å². The number of aromatic nitrogens is 4. The highest BCUT2D eigenvalue weighted by Gasteiger charge is 2.16. The first-order chi connectivity index (χ1) is 12.1. The van der Waals surface area contributed by atoms with Gasteiger partial charge in [0, 0.05) is 31.2 Å². The number of aryl methyl sites for hydroxylation is 1. The first-order valence-corrected chi connectivity index (χ1v) is 7.92. The molecule has 0 aliphatic carbocycles. The van der Waals surface area contributed by atoms with Gasteiger partial charge in [-0.25, -0.2) is 0 Å². The molecule has 2 heterocycles. The minimum Gasteiger partial charge on any atom is -0.481 e. The smallest absolute Gasteiger partial charge is 0.261 e. The Morgan fingerprint density at radius 1 is 1.24 bits per heavy atom. The average molecular weight is 337 g/mol. The molecule has 0 saturated heterocycles. The third-order valence-corrected chi connectivity index (χ3v) is 3.61. The van der Waals surface area contributed by atoms with Crippen LogP contribution in [0.1, 0.15) is 12.6 Å². The van der Waals surface area contributed by atoms with E-state index in [4.69, 9.17) is 4.74 Å². The first-order valence-electron chi connectivity index (χ1n) is 7.92. The summed E-state index contributed by atoms with van der Waals surface area (Å²) < 4.78 is 7.32. The van der Waals surface area contributed by atoms with Crippen LogP contribution in [0.25, 0.3) is 11.3 Å². The largest absolute Gasteiger partial charge is 0.481 e. The number of nitrogens with one attached hydrogen (secondary N) is 1. The molecule has 0 fully saturated rings. The molecular weight excluding hydrogens is 318 g/mol. The van der Waals surface area contributed by atoms with Crippen LogP contribution in [-0.4, -0.2) is 31.8 Å². The maximum absolute atomic E-state index is 12.3. The van der Waals surface area contributed by atoms with Crippen molar-refractivity contribution in [3.63, 3.8) is 0 Å². The van der Waals surface area contributed by atoms with E-state index in [-0.39, 0.29) is 12.5 Å². The van der Waals surface area contributed by atoms with E-state index in [1.165, 1.54) is 0 Å². The Morgan fingerprint density at radius 2 is 2.00 bits per heavy atom. The van der Waals surface area contributed by atoms with E-state index in [9.17, 15) is 4.79 Å². The number of carbonyl (C=O) groups is 1. The average Bonchev–Trinajstić information content (AvgIpc) is 3.07. The molecule has 0 radical (unpaired) electrons. The van der Waals surface area contributed by atoms with E-state index in [0.29, 0.717) is 17.1 Å². The summed E-state index contributed by atoms with van der Waals surface area (Å²) in [5.41, 5.74) is 2.23. The van der Waals surface area contributed by atoms with Gasteiger partial charge < -0.3 is 10.1 Å². The Bertz CT molecular complexity index is 847. The van der Waals surface area contributed by atoms with Crippen molar-refractivity contribution in [3.8, 4) is 17.0 Å². The van der Waals surface area contributed by atoms with Crippen LogP contribution in [0, 0.1) is 0 Å². The zero-order valence-corrected chi connectivity index (χ0v) is 14.1. The van der Waals surface area contributed by atoms with Gasteiger partial charge in [-0.1, -0.05) is 18.2 Å². The molecule has 0 unspecified atom stereocenters. The van der Waals surface area contributed by atoms with Crippen LogP contribution >= 0.6 is 0 Å². The third kappa shape index (κ3) is 4.20. The number of hydrogen-bond donors (Lipinski definition) is 1. The Kier molecular flexibility index (Phi) is 5.03. The van der Waals surface area contributed by atoms with Crippen LogP contribution < -0.4 is 10.1 Å². The standard InChI is InChI=1S/C18H19N5O2/c1-13(25-15-6-4-3-5-7-15)18(24)21-11-16-17(20-9-8-19-16)14-10-22-23(2)12-14/h3-10,12-13H,11H2,1-2H3,(H,21,24)/t13-/m0/s1. The number of rotatable bonds is 6. The molecule has 0 spiro atoms. The third-order valence-electron chi connectivity index (χ3n) is 3.61. The van der Waals surface area contributed by atoms with Crippen molar-refractivity contribution in [3.05, 3.63) is 60.8 Å². The Morgan fingerprint density at radius 3 is 2.72 bits per heavy atom. The molecular formula is C18H19N5O2. The van der Waals surface area contributed by atoms with E-state index < -0.39 is 6.10 Å². The van der Waals surface area contributed by atoms with Crippen LogP contribution in [0.15, 0.2) is 55.1 Å². The number of para-hydroxylation sites is 1. The van der Waals surface area contributed by atoms with E-state index in [1.807, 2.05) is 43.6 Å². The molecule has 0 aliphatic heterocycles. The van der Waals surface area contributed by atoms with Crippen molar-refractivity contribution < 1.29 is 9.53 Å². The molecule has 25 heavy (non-hydrogen) atoms. The van der Waals surface area contributed by atoms with Crippen LogP contribution in [-0.2, 0) is 18.4 Å². The topological polar surface area (TPSA) is 81.9 Å². The minimum atomic E-state index is -0.610. The van der Waals surface area contributed by atoms with Crippen molar-refractivity contribution in [2.24, 2.45) is 7.05 Å². The van der Waals surface area contributed by atoms with Crippen molar-refractivity contribution in [1.82, 2.24) is 25.1 Å². The highest BCUT2D eigenvalue weighted by molar-refractivity contribution is 5.80.